The first-order valence-electron chi connectivity index (χ1n) is 5.77. The Labute approximate surface area is 106 Å². The van der Waals surface area contributed by atoms with Crippen LogP contribution in [-0.2, 0) is 6.54 Å². The number of hydrogen-bond acceptors (Lipinski definition) is 3. The zero-order valence-corrected chi connectivity index (χ0v) is 10.3. The van der Waals surface area contributed by atoms with Gasteiger partial charge in [0.05, 0.1) is 11.9 Å². The molecule has 0 spiro atoms. The predicted molar refractivity (Wildman–Crippen MR) is 70.2 cm³/mol. The number of imidazole rings is 1. The highest BCUT2D eigenvalue weighted by atomic mass is 16.1. The molecule has 3 N–H and O–H groups in total. The van der Waals surface area contributed by atoms with Gasteiger partial charge in [-0.2, -0.15) is 0 Å². The molecule has 0 aliphatic heterocycles. The van der Waals surface area contributed by atoms with Crippen molar-refractivity contribution in [1.29, 1.82) is 0 Å². The number of rotatable bonds is 4. The second-order valence-corrected chi connectivity index (χ2v) is 4.09. The van der Waals surface area contributed by atoms with Crippen molar-refractivity contribution in [2.45, 2.75) is 13.5 Å². The molecule has 0 radical (unpaired) electrons. The lowest BCUT2D eigenvalue weighted by molar-refractivity contribution is 0.0953. The molecule has 0 unspecified atom stereocenters. The highest BCUT2D eigenvalue weighted by Gasteiger charge is 2.09. The smallest absolute Gasteiger partial charge is 0.253 e. The van der Waals surface area contributed by atoms with Crippen LogP contribution in [0.1, 0.15) is 15.9 Å². The SMILES string of the molecule is Cc1cccc(C(=O)NCCn2ccnc2)c1N. The van der Waals surface area contributed by atoms with Crippen molar-refractivity contribution in [1.82, 2.24) is 14.9 Å². The Bertz CT molecular complexity index is 534. The van der Waals surface area contributed by atoms with Crippen molar-refractivity contribution in [2.24, 2.45) is 0 Å². The lowest BCUT2D eigenvalue weighted by atomic mass is 10.1. The molecular formula is C13H16N4O. The number of aromatic nitrogens is 2. The summed E-state index contributed by atoms with van der Waals surface area (Å²) in [5.41, 5.74) is 7.86. The molecule has 0 saturated carbocycles. The number of carbonyl (C=O) groups is 1. The van der Waals surface area contributed by atoms with Gasteiger partial charge in [0.2, 0.25) is 0 Å². The molecule has 1 aromatic carbocycles. The minimum atomic E-state index is -0.142. The summed E-state index contributed by atoms with van der Waals surface area (Å²) in [4.78, 5) is 15.9. The standard InChI is InChI=1S/C13H16N4O/c1-10-3-2-4-11(12(10)14)13(18)16-6-8-17-7-5-15-9-17/h2-5,7,9H,6,8,14H2,1H3,(H,16,18). The van der Waals surface area contributed by atoms with E-state index in [1.54, 1.807) is 18.6 Å². The molecule has 0 bridgehead atoms. The summed E-state index contributed by atoms with van der Waals surface area (Å²) in [7, 11) is 0. The van der Waals surface area contributed by atoms with E-state index >= 15 is 0 Å². The van der Waals surface area contributed by atoms with Crippen LogP contribution in [0.2, 0.25) is 0 Å². The van der Waals surface area contributed by atoms with Gasteiger partial charge in [0.15, 0.2) is 0 Å². The lowest BCUT2D eigenvalue weighted by Crippen LogP contribution is -2.27. The van der Waals surface area contributed by atoms with Crippen molar-refractivity contribution in [2.75, 3.05) is 12.3 Å². The van der Waals surface area contributed by atoms with Crippen LogP contribution >= 0.6 is 0 Å². The molecule has 0 aliphatic carbocycles. The molecular weight excluding hydrogens is 228 g/mol. The van der Waals surface area contributed by atoms with Gasteiger partial charge in [0.25, 0.3) is 5.91 Å². The van der Waals surface area contributed by atoms with Gasteiger partial charge in [0, 0.05) is 31.2 Å². The number of nitrogen functional groups attached to an aromatic ring is 1. The first kappa shape index (κ1) is 12.2. The molecule has 94 valence electrons. The van der Waals surface area contributed by atoms with Crippen LogP contribution in [0.5, 0.6) is 0 Å². The first-order chi connectivity index (χ1) is 8.68. The van der Waals surface area contributed by atoms with Crippen molar-refractivity contribution in [3.8, 4) is 0 Å². The average Bonchev–Trinajstić information content (AvgIpc) is 2.85. The topological polar surface area (TPSA) is 72.9 Å². The van der Waals surface area contributed by atoms with Crippen molar-refractivity contribution >= 4 is 11.6 Å². The normalized spacial score (nSPS) is 10.3. The van der Waals surface area contributed by atoms with Gasteiger partial charge >= 0.3 is 0 Å². The molecule has 2 rings (SSSR count). The first-order valence-corrected chi connectivity index (χ1v) is 5.77. The Balaban J connectivity index is 1.93. The quantitative estimate of drug-likeness (QED) is 0.794. The van der Waals surface area contributed by atoms with E-state index in [0.717, 1.165) is 5.56 Å². The summed E-state index contributed by atoms with van der Waals surface area (Å²) in [5, 5.41) is 2.84. The minimum Gasteiger partial charge on any atom is -0.398 e. The van der Waals surface area contributed by atoms with Gasteiger partial charge in [-0.3, -0.25) is 4.79 Å². The fraction of sp³-hybridized carbons (Fsp3) is 0.231. The Hall–Kier alpha value is -2.30. The number of carbonyl (C=O) groups excluding carboxylic acids is 1. The number of nitrogens with zero attached hydrogens (tertiary/aromatic N) is 2. The fourth-order valence-corrected chi connectivity index (χ4v) is 1.69. The Morgan fingerprint density at radius 2 is 2.33 bits per heavy atom. The van der Waals surface area contributed by atoms with Gasteiger partial charge in [-0.05, 0) is 18.6 Å². The number of amides is 1. The molecule has 5 heteroatoms. The van der Waals surface area contributed by atoms with Crippen LogP contribution in [-0.4, -0.2) is 22.0 Å². The second-order valence-electron chi connectivity index (χ2n) is 4.09. The summed E-state index contributed by atoms with van der Waals surface area (Å²) in [5.74, 6) is -0.142. The summed E-state index contributed by atoms with van der Waals surface area (Å²) < 4.78 is 1.90. The summed E-state index contributed by atoms with van der Waals surface area (Å²) in [6, 6.07) is 5.45. The van der Waals surface area contributed by atoms with Gasteiger partial charge in [-0.15, -0.1) is 0 Å². The Morgan fingerprint density at radius 3 is 3.06 bits per heavy atom. The number of nitrogens with one attached hydrogen (secondary N) is 1. The highest BCUT2D eigenvalue weighted by molar-refractivity contribution is 5.99. The molecule has 1 heterocycles. The maximum Gasteiger partial charge on any atom is 0.253 e. The van der Waals surface area contributed by atoms with E-state index in [2.05, 4.69) is 10.3 Å². The summed E-state index contributed by atoms with van der Waals surface area (Å²) >= 11 is 0. The zero-order valence-electron chi connectivity index (χ0n) is 10.3. The third-order valence-electron chi connectivity index (χ3n) is 2.78. The van der Waals surface area contributed by atoms with Gasteiger partial charge in [-0.25, -0.2) is 4.98 Å². The number of benzene rings is 1. The van der Waals surface area contributed by atoms with Crippen LogP contribution in [0.25, 0.3) is 0 Å². The molecule has 1 amide bonds. The summed E-state index contributed by atoms with van der Waals surface area (Å²) in [6.07, 6.45) is 5.28. The second kappa shape index (κ2) is 5.35. The maximum absolute atomic E-state index is 11.9. The number of nitrogens with two attached hydrogens (primary N) is 1. The van der Waals surface area contributed by atoms with Crippen LogP contribution in [0, 0.1) is 6.92 Å². The van der Waals surface area contributed by atoms with Crippen LogP contribution in [0.3, 0.4) is 0 Å². The largest absolute Gasteiger partial charge is 0.398 e. The molecule has 1 aromatic heterocycles. The third-order valence-corrected chi connectivity index (χ3v) is 2.78. The predicted octanol–water partition coefficient (Wildman–Crippen LogP) is 1.20. The van der Waals surface area contributed by atoms with Gasteiger partial charge < -0.3 is 15.6 Å². The van der Waals surface area contributed by atoms with Crippen LogP contribution in [0.4, 0.5) is 5.69 Å². The van der Waals surface area contributed by atoms with Gasteiger partial charge in [0.1, 0.15) is 0 Å². The molecule has 0 aliphatic rings. The van der Waals surface area contributed by atoms with Crippen molar-refractivity contribution in [3.05, 3.63) is 48.0 Å². The molecule has 18 heavy (non-hydrogen) atoms. The molecule has 0 saturated heterocycles. The number of hydrogen-bond donors (Lipinski definition) is 2. The average molecular weight is 244 g/mol. The maximum atomic E-state index is 11.9. The monoisotopic (exact) mass is 244 g/mol. The van der Waals surface area contributed by atoms with Crippen LogP contribution < -0.4 is 11.1 Å². The lowest BCUT2D eigenvalue weighted by Gasteiger charge is -2.09. The van der Waals surface area contributed by atoms with E-state index in [1.165, 1.54) is 0 Å². The van der Waals surface area contributed by atoms with E-state index in [-0.39, 0.29) is 5.91 Å². The fourth-order valence-electron chi connectivity index (χ4n) is 1.69. The van der Waals surface area contributed by atoms with Crippen LogP contribution in [0.15, 0.2) is 36.9 Å². The third kappa shape index (κ3) is 2.68. The van der Waals surface area contributed by atoms with E-state index in [1.807, 2.05) is 29.8 Å². The van der Waals surface area contributed by atoms with E-state index < -0.39 is 0 Å². The molecule has 5 nitrogen and oxygen atoms in total. The molecule has 0 atom stereocenters. The number of para-hydroxylation sites is 1. The Kier molecular flexibility index (Phi) is 3.62. The summed E-state index contributed by atoms with van der Waals surface area (Å²) in [6.45, 7) is 3.12. The molecule has 2 aromatic rings. The van der Waals surface area contributed by atoms with E-state index in [0.29, 0.717) is 24.3 Å². The number of aryl methyl sites for hydroxylation is 1. The van der Waals surface area contributed by atoms with Crippen molar-refractivity contribution < 1.29 is 4.79 Å². The minimum absolute atomic E-state index is 0.142. The van der Waals surface area contributed by atoms with Gasteiger partial charge in [-0.1, -0.05) is 12.1 Å². The zero-order chi connectivity index (χ0) is 13.0. The molecule has 0 fully saturated rings. The Morgan fingerprint density at radius 1 is 1.50 bits per heavy atom. The van der Waals surface area contributed by atoms with E-state index in [4.69, 9.17) is 5.73 Å². The van der Waals surface area contributed by atoms with Crippen molar-refractivity contribution in [3.63, 3.8) is 0 Å². The highest BCUT2D eigenvalue weighted by Crippen LogP contribution is 2.15. The number of anilines is 1. The van der Waals surface area contributed by atoms with E-state index in [9.17, 15) is 4.79 Å².